The van der Waals surface area contributed by atoms with Gasteiger partial charge >= 0.3 is 11.4 Å². The van der Waals surface area contributed by atoms with E-state index < -0.39 is 0 Å². The van der Waals surface area contributed by atoms with Crippen LogP contribution in [0.25, 0.3) is 4.98 Å². The highest BCUT2D eigenvalue weighted by atomic mass is 16.6. The number of nitrogens with zero attached hydrogens (tertiary/aromatic N) is 4. The van der Waals surface area contributed by atoms with E-state index >= 15 is 0 Å². The van der Waals surface area contributed by atoms with Gasteiger partial charge in [-0.2, -0.15) is 0 Å². The fourth-order valence-electron chi connectivity index (χ4n) is 1.77. The third-order valence-electron chi connectivity index (χ3n) is 2.65. The molecule has 1 saturated heterocycles. The van der Waals surface area contributed by atoms with Crippen LogP contribution < -0.4 is 4.90 Å². The van der Waals surface area contributed by atoms with Crippen LogP contribution in [0.4, 0.5) is 17.1 Å². The van der Waals surface area contributed by atoms with E-state index in [0.29, 0.717) is 13.2 Å². The lowest BCUT2D eigenvalue weighted by atomic mass is 10.2. The molecule has 0 unspecified atom stereocenters. The Hall–Kier alpha value is -2.20. The first-order chi connectivity index (χ1) is 8.22. The normalized spacial score (nSPS) is 15.4. The van der Waals surface area contributed by atoms with Gasteiger partial charge in [-0.15, -0.1) is 0 Å². The number of diazo groups is 1. The monoisotopic (exact) mass is 236 g/mol. The summed E-state index contributed by atoms with van der Waals surface area (Å²) in [7, 11) is 0. The molecule has 0 amide bonds. The number of benzene rings is 1. The molecule has 2 rings (SSSR count). The maximum atomic E-state index is 10.9. The van der Waals surface area contributed by atoms with Gasteiger partial charge in [-0.25, -0.2) is 5.21 Å². The third-order valence-corrected chi connectivity index (χ3v) is 2.65. The van der Waals surface area contributed by atoms with Crippen LogP contribution in [0.1, 0.15) is 0 Å². The Morgan fingerprint density at radius 1 is 1.41 bits per heavy atom. The molecule has 7 heteroatoms. The van der Waals surface area contributed by atoms with Gasteiger partial charge in [0.1, 0.15) is 0 Å². The highest BCUT2D eigenvalue weighted by Gasteiger charge is 2.30. The van der Waals surface area contributed by atoms with Crippen LogP contribution in [-0.2, 0) is 4.74 Å². The molecule has 1 heterocycles. The van der Waals surface area contributed by atoms with Crippen molar-refractivity contribution in [1.82, 2.24) is 0 Å². The van der Waals surface area contributed by atoms with Crippen LogP contribution in [0, 0.1) is 10.3 Å². The first kappa shape index (κ1) is 11.3. The number of anilines is 1. The van der Waals surface area contributed by atoms with Gasteiger partial charge in [0.05, 0.1) is 24.2 Å². The van der Waals surface area contributed by atoms with Gasteiger partial charge in [0.25, 0.3) is 4.92 Å². The van der Waals surface area contributed by atoms with Crippen molar-refractivity contribution in [3.63, 3.8) is 0 Å². The van der Waals surface area contributed by atoms with Gasteiger partial charge < -0.3 is 9.64 Å². The second kappa shape index (κ2) is 4.76. The summed E-state index contributed by atoms with van der Waals surface area (Å²) in [4.78, 5) is 15.6. The smallest absolute Gasteiger partial charge is 0.378 e. The summed E-state index contributed by atoms with van der Waals surface area (Å²) in [6.07, 6.45) is 0. The molecule has 1 aromatic rings. The first-order valence-electron chi connectivity index (χ1n) is 5.20. The second-order valence-corrected chi connectivity index (χ2v) is 3.65. The molecule has 88 valence electrons. The predicted molar refractivity (Wildman–Crippen MR) is 59.3 cm³/mol. The lowest BCUT2D eigenvalue weighted by molar-refractivity contribution is -0.729. The van der Waals surface area contributed by atoms with E-state index in [1.165, 1.54) is 12.1 Å². The summed E-state index contributed by atoms with van der Waals surface area (Å²) in [6, 6.07) is 4.68. The standard InChI is InChI=1S/C10H12N4O3/c11-12-9-2-1-8(7-10(9)14(15)16)13-3-5-17-6-4-13/h1-2,7H,3-6H2,(H,15,16)/q+2. The molecular weight excluding hydrogens is 224 g/mol. The molecule has 1 aliphatic heterocycles. The Morgan fingerprint density at radius 2 is 2.12 bits per heavy atom. The molecule has 0 aromatic heterocycles. The quantitative estimate of drug-likeness (QED) is 0.625. The van der Waals surface area contributed by atoms with Crippen LogP contribution in [0.3, 0.4) is 0 Å². The predicted octanol–water partition coefficient (Wildman–Crippen LogP) is 1.81. The molecule has 0 bridgehead atoms. The van der Waals surface area contributed by atoms with E-state index in [1.54, 1.807) is 6.07 Å². The van der Waals surface area contributed by atoms with Crippen LogP contribution in [-0.4, -0.2) is 36.4 Å². The van der Waals surface area contributed by atoms with Crippen LogP contribution in [0.2, 0.25) is 0 Å². The van der Waals surface area contributed by atoms with Crippen LogP contribution >= 0.6 is 0 Å². The Bertz CT molecular complexity index is 477. The summed E-state index contributed by atoms with van der Waals surface area (Å²) in [6.45, 7) is 2.70. The lowest BCUT2D eigenvalue weighted by Gasteiger charge is -2.28. The molecule has 1 aliphatic rings. The van der Waals surface area contributed by atoms with Gasteiger partial charge in [0.2, 0.25) is 5.39 Å². The van der Waals surface area contributed by atoms with Crippen molar-refractivity contribution < 1.29 is 14.9 Å². The van der Waals surface area contributed by atoms with Crippen LogP contribution in [0.15, 0.2) is 18.2 Å². The Balaban J connectivity index is 2.33. The zero-order valence-electron chi connectivity index (χ0n) is 9.11. The molecular formula is C10H12N4O3+2. The van der Waals surface area contributed by atoms with E-state index in [9.17, 15) is 4.91 Å². The largest absolute Gasteiger partial charge is 0.465 e. The fourth-order valence-corrected chi connectivity index (χ4v) is 1.77. The Morgan fingerprint density at radius 3 is 2.71 bits per heavy atom. The van der Waals surface area contributed by atoms with Crippen molar-refractivity contribution >= 4 is 17.1 Å². The summed E-state index contributed by atoms with van der Waals surface area (Å²) in [5, 5.41) is 17.6. The van der Waals surface area contributed by atoms with E-state index in [2.05, 4.69) is 4.98 Å². The van der Waals surface area contributed by atoms with E-state index in [1.807, 2.05) is 4.90 Å². The van der Waals surface area contributed by atoms with Crippen molar-refractivity contribution in [2.75, 3.05) is 31.2 Å². The van der Waals surface area contributed by atoms with Crippen molar-refractivity contribution in [2.45, 2.75) is 0 Å². The maximum Gasteiger partial charge on any atom is 0.465 e. The second-order valence-electron chi connectivity index (χ2n) is 3.65. The summed E-state index contributed by atoms with van der Waals surface area (Å²) >= 11 is 0. The number of hydrogen-bond acceptors (Lipinski definition) is 4. The summed E-state index contributed by atoms with van der Waals surface area (Å²) < 4.78 is 5.22. The van der Waals surface area contributed by atoms with E-state index in [-0.39, 0.29) is 16.3 Å². The zero-order chi connectivity index (χ0) is 12.3. The van der Waals surface area contributed by atoms with Gasteiger partial charge in [-0.05, 0) is 6.07 Å². The molecule has 0 saturated carbocycles. The van der Waals surface area contributed by atoms with Crippen molar-refractivity contribution in [1.29, 1.82) is 5.39 Å². The average molecular weight is 236 g/mol. The molecule has 1 N–H and O–H groups in total. The van der Waals surface area contributed by atoms with Gasteiger partial charge in [-0.1, -0.05) is 0 Å². The van der Waals surface area contributed by atoms with E-state index in [0.717, 1.165) is 18.8 Å². The molecule has 0 radical (unpaired) electrons. The third kappa shape index (κ3) is 2.32. The first-order valence-corrected chi connectivity index (χ1v) is 5.20. The van der Waals surface area contributed by atoms with Crippen LogP contribution in [0.5, 0.6) is 0 Å². The van der Waals surface area contributed by atoms with E-state index in [4.69, 9.17) is 15.3 Å². The Kier molecular flexibility index (Phi) is 3.16. The van der Waals surface area contributed by atoms with Gasteiger partial charge in [-0.3, -0.25) is 0 Å². The summed E-state index contributed by atoms with van der Waals surface area (Å²) in [5.41, 5.74) is 0.724. The maximum absolute atomic E-state index is 10.9. The molecule has 1 aromatic carbocycles. The molecule has 0 spiro atoms. The lowest BCUT2D eigenvalue weighted by Crippen LogP contribution is -2.36. The topological polar surface area (TPSA) is 80.9 Å². The average Bonchev–Trinajstić information content (AvgIpc) is 2.39. The summed E-state index contributed by atoms with van der Waals surface area (Å²) in [5.74, 6) is 0. The highest BCUT2D eigenvalue weighted by Crippen LogP contribution is 2.31. The number of hydrogen-bond donors (Lipinski definition) is 1. The molecule has 17 heavy (non-hydrogen) atoms. The molecule has 1 fully saturated rings. The number of ether oxygens (including phenoxy) is 1. The van der Waals surface area contributed by atoms with Gasteiger partial charge in [0, 0.05) is 24.8 Å². The zero-order valence-corrected chi connectivity index (χ0v) is 9.11. The van der Waals surface area contributed by atoms with Crippen molar-refractivity contribution in [3.8, 4) is 0 Å². The molecule has 0 aliphatic carbocycles. The SMILES string of the molecule is N#[N+]c1ccc(N2CCOCC2)cc1[N+](=O)O. The Labute approximate surface area is 97.4 Å². The van der Waals surface area contributed by atoms with Gasteiger partial charge in [0.15, 0.2) is 4.98 Å². The molecule has 7 nitrogen and oxygen atoms in total. The van der Waals surface area contributed by atoms with Crippen molar-refractivity contribution in [2.24, 2.45) is 0 Å². The minimum absolute atomic E-state index is 0.0273. The molecule has 0 atom stereocenters. The number of rotatable bonds is 2. The number of morpholine rings is 1. The fraction of sp³-hybridized carbons (Fsp3) is 0.400. The minimum atomic E-state index is -0.307. The highest BCUT2D eigenvalue weighted by molar-refractivity contribution is 5.68. The minimum Gasteiger partial charge on any atom is -0.378 e. The van der Waals surface area contributed by atoms with Crippen molar-refractivity contribution in [3.05, 3.63) is 28.1 Å².